The first-order valence-corrected chi connectivity index (χ1v) is 6.72. The van der Waals surface area contributed by atoms with Crippen molar-refractivity contribution < 1.29 is 14.3 Å². The van der Waals surface area contributed by atoms with E-state index in [1.165, 1.54) is 7.11 Å². The molecule has 1 atom stereocenters. The summed E-state index contributed by atoms with van der Waals surface area (Å²) in [4.78, 5) is 29.8. The van der Waals surface area contributed by atoms with Crippen molar-refractivity contribution in [1.29, 1.82) is 0 Å². The molecule has 0 radical (unpaired) electrons. The van der Waals surface area contributed by atoms with Crippen LogP contribution in [0.2, 0.25) is 0 Å². The van der Waals surface area contributed by atoms with Crippen molar-refractivity contribution >= 4 is 17.7 Å². The average molecular weight is 277 g/mol. The molecule has 1 aromatic heterocycles. The van der Waals surface area contributed by atoms with E-state index in [0.717, 1.165) is 25.9 Å². The Hall–Kier alpha value is -2.11. The number of pyridine rings is 1. The molecule has 0 bridgehead atoms. The number of ether oxygens (including phenoxy) is 1. The largest absolute Gasteiger partial charge is 0.465 e. The lowest BCUT2D eigenvalue weighted by Gasteiger charge is -2.22. The van der Waals surface area contributed by atoms with Crippen molar-refractivity contribution in [3.8, 4) is 0 Å². The summed E-state index contributed by atoms with van der Waals surface area (Å²) in [5, 5.41) is 3.00. The minimum Gasteiger partial charge on any atom is -0.465 e. The number of likely N-dealkylation sites (tertiary alicyclic amines) is 1. The van der Waals surface area contributed by atoms with Crippen LogP contribution in [0.1, 0.15) is 30.1 Å². The van der Waals surface area contributed by atoms with Crippen LogP contribution in [0, 0.1) is 0 Å². The first-order chi connectivity index (χ1) is 9.63. The van der Waals surface area contributed by atoms with Gasteiger partial charge in [-0.25, -0.2) is 9.78 Å². The van der Waals surface area contributed by atoms with Crippen molar-refractivity contribution in [3.63, 3.8) is 0 Å². The number of rotatable bonds is 4. The summed E-state index contributed by atoms with van der Waals surface area (Å²) < 4.78 is 4.70. The van der Waals surface area contributed by atoms with Gasteiger partial charge in [0.15, 0.2) is 0 Å². The van der Waals surface area contributed by atoms with Gasteiger partial charge in [-0.3, -0.25) is 4.79 Å². The molecular weight excluding hydrogens is 258 g/mol. The van der Waals surface area contributed by atoms with Gasteiger partial charge in [-0.1, -0.05) is 0 Å². The zero-order valence-corrected chi connectivity index (χ0v) is 11.8. The van der Waals surface area contributed by atoms with Gasteiger partial charge in [-0.2, -0.15) is 0 Å². The average Bonchev–Trinajstić information content (AvgIpc) is 3.00. The summed E-state index contributed by atoms with van der Waals surface area (Å²) in [5.41, 5.74) is 0.330. The van der Waals surface area contributed by atoms with Crippen LogP contribution in [0.15, 0.2) is 18.3 Å². The van der Waals surface area contributed by atoms with Gasteiger partial charge in [0.25, 0.3) is 0 Å². The number of nitrogens with one attached hydrogen (secondary N) is 1. The maximum Gasteiger partial charge on any atom is 0.341 e. The highest BCUT2D eigenvalue weighted by molar-refractivity contribution is 5.95. The Morgan fingerprint density at radius 3 is 2.75 bits per heavy atom. The number of hydrogen-bond acceptors (Lipinski definition) is 5. The third-order valence-corrected chi connectivity index (χ3v) is 3.35. The Balaban J connectivity index is 2.09. The molecule has 6 nitrogen and oxygen atoms in total. The van der Waals surface area contributed by atoms with Gasteiger partial charge in [0, 0.05) is 19.3 Å². The van der Waals surface area contributed by atoms with Gasteiger partial charge in [-0.05, 0) is 31.9 Å². The molecule has 0 spiro atoms. The summed E-state index contributed by atoms with van der Waals surface area (Å²) in [6, 6.07) is 2.85. The molecule has 1 amide bonds. The molecular formula is C14H19N3O3. The fourth-order valence-electron chi connectivity index (χ4n) is 2.27. The van der Waals surface area contributed by atoms with E-state index < -0.39 is 12.0 Å². The minimum atomic E-state index is -0.471. The van der Waals surface area contributed by atoms with Crippen LogP contribution < -0.4 is 5.32 Å². The fraction of sp³-hybridized carbons (Fsp3) is 0.500. The van der Waals surface area contributed by atoms with E-state index in [9.17, 15) is 9.59 Å². The summed E-state index contributed by atoms with van der Waals surface area (Å²) in [7, 11) is 1.32. The number of amides is 1. The van der Waals surface area contributed by atoms with E-state index in [4.69, 9.17) is 4.74 Å². The summed E-state index contributed by atoms with van der Waals surface area (Å²) in [6.07, 6.45) is 3.67. The Kier molecular flexibility index (Phi) is 4.55. The summed E-state index contributed by atoms with van der Waals surface area (Å²) in [5.74, 6) is -0.0650. The lowest BCUT2D eigenvalue weighted by Crippen LogP contribution is -2.40. The molecule has 1 aliphatic rings. The normalized spacial score (nSPS) is 15.8. The standard InChI is InChI=1S/C14H19N3O3/c1-10(13(18)17-8-3-4-9-17)16-12-11(14(19)20-2)6-5-7-15-12/h5-7,10H,3-4,8-9H2,1-2H3,(H,15,16). The molecule has 1 fully saturated rings. The summed E-state index contributed by atoms with van der Waals surface area (Å²) >= 11 is 0. The van der Waals surface area contributed by atoms with Crippen LogP contribution >= 0.6 is 0 Å². The predicted octanol–water partition coefficient (Wildman–Crippen LogP) is 1.29. The van der Waals surface area contributed by atoms with E-state index >= 15 is 0 Å². The third-order valence-electron chi connectivity index (χ3n) is 3.35. The zero-order valence-electron chi connectivity index (χ0n) is 11.8. The molecule has 20 heavy (non-hydrogen) atoms. The number of carbonyl (C=O) groups excluding carboxylic acids is 2. The second-order valence-corrected chi connectivity index (χ2v) is 4.79. The van der Waals surface area contributed by atoms with E-state index in [1.807, 2.05) is 4.90 Å². The van der Waals surface area contributed by atoms with E-state index in [2.05, 4.69) is 10.3 Å². The van der Waals surface area contributed by atoms with Gasteiger partial charge in [-0.15, -0.1) is 0 Å². The SMILES string of the molecule is COC(=O)c1cccnc1NC(C)C(=O)N1CCCC1. The second-order valence-electron chi connectivity index (χ2n) is 4.79. The van der Waals surface area contributed by atoms with E-state index in [1.54, 1.807) is 25.3 Å². The number of carbonyl (C=O) groups is 2. The zero-order chi connectivity index (χ0) is 14.5. The van der Waals surface area contributed by atoms with Gasteiger partial charge >= 0.3 is 5.97 Å². The van der Waals surface area contributed by atoms with E-state index in [-0.39, 0.29) is 5.91 Å². The topological polar surface area (TPSA) is 71.5 Å². The van der Waals surface area contributed by atoms with Crippen LogP contribution in [0.3, 0.4) is 0 Å². The molecule has 0 aliphatic carbocycles. The maximum atomic E-state index is 12.2. The Morgan fingerprint density at radius 1 is 1.40 bits per heavy atom. The second kappa shape index (κ2) is 6.36. The highest BCUT2D eigenvalue weighted by Crippen LogP contribution is 2.16. The Morgan fingerprint density at radius 2 is 2.10 bits per heavy atom. The van der Waals surface area contributed by atoms with Crippen LogP contribution in [-0.4, -0.2) is 48.0 Å². The fourth-order valence-corrected chi connectivity index (χ4v) is 2.27. The van der Waals surface area contributed by atoms with E-state index in [0.29, 0.717) is 11.4 Å². The molecule has 1 N–H and O–H groups in total. The van der Waals surface area contributed by atoms with Crippen molar-refractivity contribution in [2.45, 2.75) is 25.8 Å². The molecule has 0 saturated carbocycles. The van der Waals surface area contributed by atoms with Crippen LogP contribution in [-0.2, 0) is 9.53 Å². The molecule has 1 unspecified atom stereocenters. The third kappa shape index (κ3) is 3.07. The van der Waals surface area contributed by atoms with Gasteiger partial charge < -0.3 is 15.0 Å². The van der Waals surface area contributed by atoms with Crippen molar-refractivity contribution in [2.75, 3.05) is 25.5 Å². The molecule has 2 rings (SSSR count). The molecule has 1 aromatic rings. The molecule has 1 saturated heterocycles. The Bertz CT molecular complexity index is 498. The van der Waals surface area contributed by atoms with Crippen molar-refractivity contribution in [3.05, 3.63) is 23.9 Å². The first-order valence-electron chi connectivity index (χ1n) is 6.72. The lowest BCUT2D eigenvalue weighted by atomic mass is 10.2. The van der Waals surface area contributed by atoms with Crippen LogP contribution in [0.5, 0.6) is 0 Å². The lowest BCUT2D eigenvalue weighted by molar-refractivity contribution is -0.130. The minimum absolute atomic E-state index is 0.0315. The highest BCUT2D eigenvalue weighted by Gasteiger charge is 2.24. The van der Waals surface area contributed by atoms with Crippen LogP contribution in [0.4, 0.5) is 5.82 Å². The quantitative estimate of drug-likeness (QED) is 0.840. The van der Waals surface area contributed by atoms with Gasteiger partial charge in [0.05, 0.1) is 7.11 Å². The maximum absolute atomic E-state index is 12.2. The molecule has 2 heterocycles. The van der Waals surface area contributed by atoms with Gasteiger partial charge in [0.2, 0.25) is 5.91 Å². The summed E-state index contributed by atoms with van der Waals surface area (Å²) in [6.45, 7) is 3.38. The number of nitrogens with zero attached hydrogens (tertiary/aromatic N) is 2. The molecule has 0 aromatic carbocycles. The highest BCUT2D eigenvalue weighted by atomic mass is 16.5. The number of esters is 1. The monoisotopic (exact) mass is 277 g/mol. The van der Waals surface area contributed by atoms with Crippen molar-refractivity contribution in [2.24, 2.45) is 0 Å². The first kappa shape index (κ1) is 14.3. The number of aromatic nitrogens is 1. The number of hydrogen-bond donors (Lipinski definition) is 1. The van der Waals surface area contributed by atoms with Gasteiger partial charge in [0.1, 0.15) is 17.4 Å². The number of methoxy groups -OCH3 is 1. The Labute approximate surface area is 118 Å². The molecule has 108 valence electrons. The number of anilines is 1. The molecule has 1 aliphatic heterocycles. The smallest absolute Gasteiger partial charge is 0.341 e. The van der Waals surface area contributed by atoms with Crippen LogP contribution in [0.25, 0.3) is 0 Å². The van der Waals surface area contributed by atoms with Crippen molar-refractivity contribution in [1.82, 2.24) is 9.88 Å². The predicted molar refractivity (Wildman–Crippen MR) is 74.5 cm³/mol. The molecule has 6 heteroatoms.